The van der Waals surface area contributed by atoms with Crippen LogP contribution >= 0.6 is 0 Å². The van der Waals surface area contributed by atoms with Gasteiger partial charge in [-0.1, -0.05) is 0 Å². The Morgan fingerprint density at radius 2 is 0.782 bits per heavy atom. The van der Waals surface area contributed by atoms with Gasteiger partial charge in [-0.25, -0.2) is 14.4 Å². The maximum Gasteiger partial charge on any atom is 0.338 e. The Labute approximate surface area is 564 Å². The lowest BCUT2D eigenvalue weighted by atomic mass is 9.81. The van der Waals surface area contributed by atoms with E-state index >= 15 is 0 Å². The first-order valence-corrected chi connectivity index (χ1v) is 30.0. The zero-order valence-electron chi connectivity index (χ0n) is 51.4. The van der Waals surface area contributed by atoms with Crippen molar-refractivity contribution in [2.45, 2.75) is 93.5 Å². The Kier molecular flexibility index (Phi) is 17.1. The molecule has 0 radical (unpaired) electrons. The molecule has 0 saturated carbocycles. The topological polar surface area (TPSA) is 592 Å². The van der Waals surface area contributed by atoms with Crippen LogP contribution in [0.25, 0.3) is 0 Å². The molecule has 2 aliphatic carbocycles. The lowest BCUT2D eigenvalue weighted by Gasteiger charge is -2.40. The van der Waals surface area contributed by atoms with Gasteiger partial charge >= 0.3 is 17.9 Å². The first kappa shape index (κ1) is 67.9. The number of aliphatic hydroxyl groups is 5. The Hall–Kier alpha value is -13.0. The van der Waals surface area contributed by atoms with Crippen molar-refractivity contribution in [3.05, 3.63) is 169 Å². The van der Waals surface area contributed by atoms with Gasteiger partial charge in [-0.2, -0.15) is 0 Å². The molecule has 0 bridgehead atoms. The number of allylic oxidation sites excluding steroid dienone is 1. The molecule has 0 spiro atoms. The second-order valence-electron chi connectivity index (χ2n) is 24.2. The standard InChI is InChI=1S/C68H58O33/c69-33-18-35(71)28-15-49(96-66(93)23-7-43(79)57(90)44(80)8-23)60(20-1-37(73)54(87)38(74)2-20)99-63(28)26(33)13-30-52(85)31(65-32(53(30)86)17-51(62(101-65)22-5-41(77)56(89)42(78)6-22)98-68(95)25-11-47(83)59(92)48(84)12-25)14-27-34(70)19-36(72)29-16-50(97-67(94)24-9-45(81)58(91)46(82)10-24)61(100-64(27)29)21-3-39(75)55(88)40(76)4-21/h1-12,18,34,45,49-51,58,60-62,69-92H,13-17,19H2/t34?,45?,49-,50-,51-,58?,60-,61-,62-/m1/s1. The van der Waals surface area contributed by atoms with Gasteiger partial charge in [-0.15, -0.1) is 0 Å². The van der Waals surface area contributed by atoms with Crippen LogP contribution in [-0.2, 0) is 49.4 Å². The van der Waals surface area contributed by atoms with Gasteiger partial charge in [0.1, 0.15) is 82.3 Å². The number of carbonyl (C=O) groups excluding carboxylic acids is 3. The molecule has 33 nitrogen and oxygen atoms in total. The molecule has 0 amide bonds. The van der Waals surface area contributed by atoms with Gasteiger partial charge in [0.15, 0.2) is 105 Å². The third-order valence-corrected chi connectivity index (χ3v) is 17.7. The van der Waals surface area contributed by atoms with Crippen molar-refractivity contribution in [1.82, 2.24) is 0 Å². The average Bonchev–Trinajstić information content (AvgIpc) is 0.738. The minimum absolute atomic E-state index is 0.233. The van der Waals surface area contributed by atoms with Gasteiger partial charge < -0.3 is 151 Å². The number of rotatable bonds is 13. The zero-order valence-corrected chi connectivity index (χ0v) is 51.4. The van der Waals surface area contributed by atoms with Gasteiger partial charge in [0, 0.05) is 100 Å². The Morgan fingerprint density at radius 1 is 0.386 bits per heavy atom. The van der Waals surface area contributed by atoms with E-state index in [9.17, 15) is 137 Å². The van der Waals surface area contributed by atoms with Gasteiger partial charge in [0.25, 0.3) is 0 Å². The number of hydrogen-bond donors (Lipinski definition) is 24. The molecular formula is C68H58O33. The molecule has 1 saturated heterocycles. The van der Waals surface area contributed by atoms with Gasteiger partial charge in [-0.3, -0.25) is 0 Å². The van der Waals surface area contributed by atoms with Crippen molar-refractivity contribution in [2.24, 2.45) is 0 Å². The van der Waals surface area contributed by atoms with Gasteiger partial charge in [-0.05, 0) is 72.8 Å². The molecule has 3 aliphatic heterocycles. The summed E-state index contributed by atoms with van der Waals surface area (Å²) in [6.45, 7) is 0. The van der Waals surface area contributed by atoms with Crippen LogP contribution in [0, 0.1) is 0 Å². The van der Waals surface area contributed by atoms with Crippen LogP contribution in [-0.4, -0.2) is 177 Å². The summed E-state index contributed by atoms with van der Waals surface area (Å²) >= 11 is 0. The summed E-state index contributed by atoms with van der Waals surface area (Å²) in [4.78, 5) is 41.9. The van der Waals surface area contributed by atoms with Crippen molar-refractivity contribution in [3.8, 4) is 121 Å². The van der Waals surface area contributed by atoms with E-state index in [-0.39, 0.29) is 33.4 Å². The van der Waals surface area contributed by atoms with E-state index in [1.165, 1.54) is 0 Å². The van der Waals surface area contributed by atoms with Gasteiger partial charge in [0.2, 0.25) is 0 Å². The molecule has 9 atom stereocenters. The minimum atomic E-state index is -1.89. The number of esters is 3. The van der Waals surface area contributed by atoms with Crippen LogP contribution in [0.15, 0.2) is 113 Å². The number of phenolic OH excluding ortho intramolecular Hbond substituents is 19. The van der Waals surface area contributed by atoms with Crippen LogP contribution in [0.5, 0.6) is 121 Å². The number of aliphatic hydroxyl groups excluding tert-OH is 5. The highest BCUT2D eigenvalue weighted by molar-refractivity contribution is 5.93. The third-order valence-electron chi connectivity index (χ3n) is 17.7. The highest BCUT2D eigenvalue weighted by Gasteiger charge is 2.47. The zero-order chi connectivity index (χ0) is 73.0. The smallest absolute Gasteiger partial charge is 0.338 e. The molecule has 12 rings (SSSR count). The fraction of sp³-hybridized carbons (Fsp3) is 0.221. The Morgan fingerprint density at radius 3 is 1.23 bits per heavy atom. The molecule has 7 aromatic rings. The fourth-order valence-corrected chi connectivity index (χ4v) is 12.6. The predicted octanol–water partition coefficient (Wildman–Crippen LogP) is 5.04. The first-order chi connectivity index (χ1) is 47.7. The number of carbonyl (C=O) groups is 3. The van der Waals surface area contributed by atoms with Crippen LogP contribution in [0.1, 0.15) is 96.4 Å². The monoisotopic (exact) mass is 1400 g/mol. The second-order valence-corrected chi connectivity index (χ2v) is 24.2. The Bertz CT molecular complexity index is 4700. The maximum absolute atomic E-state index is 14.2. The number of phenols is 19. The van der Waals surface area contributed by atoms with Crippen molar-refractivity contribution in [2.75, 3.05) is 0 Å². The Balaban J connectivity index is 1.04. The highest BCUT2D eigenvalue weighted by atomic mass is 16.6. The van der Waals surface area contributed by atoms with Crippen molar-refractivity contribution >= 4 is 17.9 Å². The second kappa shape index (κ2) is 25.4. The van der Waals surface area contributed by atoms with Crippen molar-refractivity contribution in [3.63, 3.8) is 0 Å². The van der Waals surface area contributed by atoms with E-state index in [1.807, 2.05) is 0 Å². The van der Waals surface area contributed by atoms with E-state index in [4.69, 9.17) is 28.4 Å². The van der Waals surface area contributed by atoms with Crippen LogP contribution in [0.2, 0.25) is 0 Å². The fourth-order valence-electron chi connectivity index (χ4n) is 12.6. The first-order valence-electron chi connectivity index (χ1n) is 30.0. The third kappa shape index (κ3) is 12.2. The average molecular weight is 1400 g/mol. The number of fused-ring (bicyclic) bond motifs is 3. The van der Waals surface area contributed by atoms with Crippen LogP contribution in [0.4, 0.5) is 0 Å². The molecule has 3 unspecified atom stereocenters. The molecule has 101 heavy (non-hydrogen) atoms. The molecule has 0 aromatic heterocycles. The summed E-state index contributed by atoms with van der Waals surface area (Å²) in [6, 6.07) is 8.76. The molecular weight excluding hydrogens is 1340 g/mol. The van der Waals surface area contributed by atoms with E-state index in [1.54, 1.807) is 0 Å². The van der Waals surface area contributed by atoms with Crippen LogP contribution in [0.3, 0.4) is 0 Å². The molecule has 7 aromatic carbocycles. The largest absolute Gasteiger partial charge is 0.512 e. The van der Waals surface area contributed by atoms with Crippen LogP contribution < -0.4 is 9.47 Å². The number of hydrogen-bond acceptors (Lipinski definition) is 33. The normalized spacial score (nSPS) is 21.5. The quantitative estimate of drug-likeness (QED) is 0.0408. The maximum atomic E-state index is 14.2. The molecule has 528 valence electrons. The summed E-state index contributed by atoms with van der Waals surface area (Å²) < 4.78 is 37.1. The molecule has 1 fully saturated rings. The lowest BCUT2D eigenvalue weighted by molar-refractivity contribution is -0.153. The van der Waals surface area contributed by atoms with Crippen molar-refractivity contribution < 1.29 is 165 Å². The number of benzene rings is 7. The van der Waals surface area contributed by atoms with E-state index in [0.717, 1.165) is 66.7 Å². The minimum Gasteiger partial charge on any atom is -0.512 e. The summed E-state index contributed by atoms with van der Waals surface area (Å²) in [5, 5.41) is 262. The molecule has 33 heteroatoms. The SMILES string of the molecule is O=C(O[C@@H]1CC2=C(O)CC(O)C(Cc3c(O)c(Cc4c(O)cc(O)c5c4O[C@H](c4cc(O)c(O)c(O)c4)[C@H](OC(=O)c4cc(O)c(O)c(O)c4)C5)c(O)c4c3O[C@H](c3cc(O)c(O)c(O)c3)[C@H](OC(=O)c3cc(O)c(O)c(O)c3)C4)=C2O[C@@H]1c1cc(O)c(O)c(O)c1)C1=CC(O)C(O)C(O)=C1. The number of ether oxygens (including phenoxy) is 6. The summed E-state index contributed by atoms with van der Waals surface area (Å²) in [5.41, 5.74) is -5.48. The van der Waals surface area contributed by atoms with Gasteiger partial charge in [0.05, 0.1) is 22.8 Å². The molecule has 3 heterocycles. The highest BCUT2D eigenvalue weighted by Crippen LogP contribution is 2.57. The summed E-state index contributed by atoms with van der Waals surface area (Å²) in [6.07, 6.45) is -19.1. The van der Waals surface area contributed by atoms with E-state index in [0.29, 0.717) is 12.1 Å². The van der Waals surface area contributed by atoms with E-state index in [2.05, 4.69) is 0 Å². The summed E-state index contributed by atoms with van der Waals surface area (Å²) in [5.74, 6) is -25.6. The van der Waals surface area contributed by atoms with Crippen molar-refractivity contribution in [1.29, 1.82) is 0 Å². The lowest BCUT2D eigenvalue weighted by Crippen LogP contribution is -2.37. The summed E-state index contributed by atoms with van der Waals surface area (Å²) in [7, 11) is 0. The van der Waals surface area contributed by atoms with E-state index < -0.39 is 288 Å². The molecule has 5 aliphatic rings. The number of aromatic hydroxyl groups is 19. The molecule has 24 N–H and O–H groups in total. The predicted molar refractivity (Wildman–Crippen MR) is 332 cm³/mol.